The summed E-state index contributed by atoms with van der Waals surface area (Å²) in [5.74, 6) is 0.290. The van der Waals surface area contributed by atoms with Gasteiger partial charge in [-0.2, -0.15) is 4.68 Å². The van der Waals surface area contributed by atoms with Crippen molar-refractivity contribution >= 4 is 21.6 Å². The van der Waals surface area contributed by atoms with E-state index in [1.807, 2.05) is 22.9 Å². The normalized spacial score (nSPS) is 22.5. The van der Waals surface area contributed by atoms with Gasteiger partial charge >= 0.3 is 6.01 Å². The molecule has 2 aliphatic rings. The molecular formula is C24H24N8O6S. The van der Waals surface area contributed by atoms with Crippen LogP contribution >= 0.6 is 0 Å². The van der Waals surface area contributed by atoms with Crippen LogP contribution in [0.3, 0.4) is 0 Å². The Labute approximate surface area is 222 Å². The number of tetrazole rings is 1. The topological polar surface area (TPSA) is 164 Å². The van der Waals surface area contributed by atoms with Crippen LogP contribution in [0.25, 0.3) is 5.69 Å². The second-order valence-corrected chi connectivity index (χ2v) is 10.8. The molecular weight excluding hydrogens is 528 g/mol. The summed E-state index contributed by atoms with van der Waals surface area (Å²) >= 11 is 0. The van der Waals surface area contributed by atoms with E-state index in [0.717, 1.165) is 5.69 Å². The number of carbonyl (C=O) groups excluding carboxylic acids is 1. The van der Waals surface area contributed by atoms with Gasteiger partial charge in [0, 0.05) is 30.7 Å². The predicted octanol–water partition coefficient (Wildman–Crippen LogP) is 1.30. The van der Waals surface area contributed by atoms with Crippen LogP contribution in [0, 0.1) is 0 Å². The third-order valence-corrected chi connectivity index (χ3v) is 7.95. The first-order valence-corrected chi connectivity index (χ1v) is 13.5. The van der Waals surface area contributed by atoms with Gasteiger partial charge in [0.25, 0.3) is 0 Å². The molecule has 1 amide bonds. The molecule has 0 saturated carbocycles. The van der Waals surface area contributed by atoms with Crippen molar-refractivity contribution in [1.82, 2.24) is 34.5 Å². The molecule has 4 atom stereocenters. The molecule has 0 bridgehead atoms. The summed E-state index contributed by atoms with van der Waals surface area (Å²) in [6.07, 6.45) is 4.20. The van der Waals surface area contributed by atoms with Crippen molar-refractivity contribution in [3.63, 3.8) is 0 Å². The summed E-state index contributed by atoms with van der Waals surface area (Å²) in [4.78, 5) is 15.3. The fraction of sp³-hybridized carbons (Fsp3) is 0.292. The number of ether oxygens (including phenoxy) is 3. The third kappa shape index (κ3) is 5.12. The van der Waals surface area contributed by atoms with Crippen molar-refractivity contribution in [3.8, 4) is 17.4 Å². The number of imidazole rings is 1. The van der Waals surface area contributed by atoms with Gasteiger partial charge in [-0.15, -0.1) is 0 Å². The van der Waals surface area contributed by atoms with Crippen LogP contribution in [0.2, 0.25) is 0 Å². The van der Waals surface area contributed by atoms with Crippen molar-refractivity contribution in [2.75, 3.05) is 18.5 Å². The summed E-state index contributed by atoms with van der Waals surface area (Å²) in [5.41, 5.74) is 1.42. The summed E-state index contributed by atoms with van der Waals surface area (Å²) < 4.78 is 49.9. The molecule has 2 aromatic heterocycles. The van der Waals surface area contributed by atoms with Crippen molar-refractivity contribution < 1.29 is 27.4 Å². The van der Waals surface area contributed by atoms with Crippen LogP contribution in [0.5, 0.6) is 11.8 Å². The first-order valence-electron chi connectivity index (χ1n) is 12.0. The fourth-order valence-electron chi connectivity index (χ4n) is 4.64. The summed E-state index contributed by atoms with van der Waals surface area (Å²) in [5, 5.41) is 14.4. The second kappa shape index (κ2) is 10.2. The number of rotatable bonds is 8. The Balaban J connectivity index is 1.12. The van der Waals surface area contributed by atoms with Crippen LogP contribution < -0.4 is 14.8 Å². The number of benzene rings is 2. The third-order valence-electron chi connectivity index (χ3n) is 6.44. The van der Waals surface area contributed by atoms with E-state index >= 15 is 0 Å². The molecule has 39 heavy (non-hydrogen) atoms. The lowest BCUT2D eigenvalue weighted by Crippen LogP contribution is -2.44. The number of sulfonamides is 1. The van der Waals surface area contributed by atoms with Gasteiger partial charge in [0.15, 0.2) is 0 Å². The largest absolute Gasteiger partial charge is 0.423 e. The molecule has 2 fully saturated rings. The Kier molecular flexibility index (Phi) is 6.56. The van der Waals surface area contributed by atoms with Crippen LogP contribution in [0.1, 0.15) is 13.0 Å². The Morgan fingerprint density at radius 1 is 1.05 bits per heavy atom. The molecule has 2 aliphatic heterocycles. The second-order valence-electron chi connectivity index (χ2n) is 9.07. The smallest absolute Gasteiger partial charge is 0.341 e. The van der Waals surface area contributed by atoms with Gasteiger partial charge in [-0.05, 0) is 59.0 Å². The molecule has 4 unspecified atom stereocenters. The number of amides is 1. The van der Waals surface area contributed by atoms with Gasteiger partial charge in [0.05, 0.1) is 30.5 Å². The number of fused-ring (bicyclic) bond motifs is 1. The van der Waals surface area contributed by atoms with Crippen LogP contribution in [-0.2, 0) is 24.3 Å². The zero-order chi connectivity index (χ0) is 27.0. The summed E-state index contributed by atoms with van der Waals surface area (Å²) in [7, 11) is -3.87. The Bertz CT molecular complexity index is 1560. The SMILES string of the molecule is CC(=O)Nc1ccc(S(=O)(=O)NC2COC3C2OCC3n2nnnc2Oc2ccc(-n3ccnc3)cc2)cc1. The zero-order valence-electron chi connectivity index (χ0n) is 20.6. The summed E-state index contributed by atoms with van der Waals surface area (Å²) in [6.45, 7) is 1.70. The number of hydrogen-bond donors (Lipinski definition) is 2. The predicted molar refractivity (Wildman–Crippen MR) is 135 cm³/mol. The lowest BCUT2D eigenvalue weighted by Gasteiger charge is -2.18. The maximum atomic E-state index is 13.0. The standard InChI is InChI=1S/C24H24N8O6S/c1-15(33)26-16-2-8-19(9-3-16)39(34,35)28-20-12-36-23-21(13-37-22(20)23)32-24(27-29-30-32)38-18-6-4-17(5-7-18)31-11-10-25-14-31/h2-11,14,20-23,28H,12-13H2,1H3,(H,26,33). The number of nitrogens with zero attached hydrogens (tertiary/aromatic N) is 6. The lowest BCUT2D eigenvalue weighted by atomic mass is 10.1. The molecule has 2 aromatic carbocycles. The number of hydrogen-bond acceptors (Lipinski definition) is 10. The number of anilines is 1. The first-order chi connectivity index (χ1) is 18.9. The van der Waals surface area contributed by atoms with Crippen LogP contribution in [-0.4, -0.2) is 75.5 Å². The van der Waals surface area contributed by atoms with Gasteiger partial charge < -0.3 is 24.1 Å². The molecule has 6 rings (SSSR count). The van der Waals surface area contributed by atoms with E-state index in [2.05, 4.69) is 30.5 Å². The van der Waals surface area contributed by atoms with E-state index in [9.17, 15) is 13.2 Å². The van der Waals surface area contributed by atoms with E-state index in [1.165, 1.54) is 35.9 Å². The highest BCUT2D eigenvalue weighted by molar-refractivity contribution is 7.89. The molecule has 2 N–H and O–H groups in total. The Morgan fingerprint density at radius 3 is 2.54 bits per heavy atom. The first kappa shape index (κ1) is 25.1. The maximum absolute atomic E-state index is 13.0. The quantitative estimate of drug-likeness (QED) is 0.325. The average Bonchev–Trinajstić information content (AvgIpc) is 3.72. The minimum absolute atomic E-state index is 0.0600. The highest BCUT2D eigenvalue weighted by Crippen LogP contribution is 2.36. The van der Waals surface area contributed by atoms with Gasteiger partial charge in [0.2, 0.25) is 15.9 Å². The molecule has 0 spiro atoms. The molecule has 0 aliphatic carbocycles. The number of aromatic nitrogens is 6. The Hall–Kier alpha value is -4.18. The van der Waals surface area contributed by atoms with Crippen LogP contribution in [0.15, 0.2) is 72.1 Å². The van der Waals surface area contributed by atoms with Gasteiger partial charge in [-0.3, -0.25) is 4.79 Å². The maximum Gasteiger partial charge on any atom is 0.341 e. The fourth-order valence-corrected chi connectivity index (χ4v) is 5.87. The van der Waals surface area contributed by atoms with Crippen molar-refractivity contribution in [1.29, 1.82) is 0 Å². The number of carbonyl (C=O) groups is 1. The average molecular weight is 553 g/mol. The van der Waals surface area contributed by atoms with E-state index in [4.69, 9.17) is 14.2 Å². The van der Waals surface area contributed by atoms with E-state index in [1.54, 1.807) is 24.7 Å². The molecule has 2 saturated heterocycles. The molecule has 14 nitrogen and oxygen atoms in total. The van der Waals surface area contributed by atoms with Crippen molar-refractivity contribution in [3.05, 3.63) is 67.3 Å². The molecule has 4 heterocycles. The highest BCUT2D eigenvalue weighted by Gasteiger charge is 2.50. The van der Waals surface area contributed by atoms with Crippen molar-refractivity contribution in [2.45, 2.75) is 36.1 Å². The zero-order valence-corrected chi connectivity index (χ0v) is 21.4. The highest BCUT2D eigenvalue weighted by atomic mass is 32.2. The van der Waals surface area contributed by atoms with Gasteiger partial charge in [-0.1, -0.05) is 5.10 Å². The molecule has 0 radical (unpaired) electrons. The lowest BCUT2D eigenvalue weighted by molar-refractivity contribution is -0.114. The monoisotopic (exact) mass is 552 g/mol. The minimum Gasteiger partial charge on any atom is -0.423 e. The molecule has 15 heteroatoms. The Morgan fingerprint density at radius 2 is 1.82 bits per heavy atom. The minimum atomic E-state index is -3.87. The summed E-state index contributed by atoms with van der Waals surface area (Å²) in [6, 6.07) is 12.4. The molecule has 202 valence electrons. The van der Waals surface area contributed by atoms with E-state index < -0.39 is 34.3 Å². The van der Waals surface area contributed by atoms with E-state index in [-0.39, 0.29) is 30.0 Å². The van der Waals surface area contributed by atoms with E-state index in [0.29, 0.717) is 11.4 Å². The van der Waals surface area contributed by atoms with Crippen molar-refractivity contribution in [2.24, 2.45) is 0 Å². The van der Waals surface area contributed by atoms with Crippen LogP contribution in [0.4, 0.5) is 5.69 Å². The number of nitrogens with one attached hydrogen (secondary N) is 2. The molecule has 4 aromatic rings. The van der Waals surface area contributed by atoms with Gasteiger partial charge in [0.1, 0.15) is 24.0 Å². The van der Waals surface area contributed by atoms with Gasteiger partial charge in [-0.25, -0.2) is 18.1 Å².